The predicted octanol–water partition coefficient (Wildman–Crippen LogP) is 2.39. The number of thioether (sulfide) groups is 1. The van der Waals surface area contributed by atoms with E-state index >= 15 is 0 Å². The number of nitrogens with zero attached hydrogens (tertiary/aromatic N) is 4. The van der Waals surface area contributed by atoms with Crippen molar-refractivity contribution in [1.29, 1.82) is 0 Å². The van der Waals surface area contributed by atoms with Crippen LogP contribution in [-0.4, -0.2) is 73.4 Å². The first kappa shape index (κ1) is 20.1. The lowest BCUT2D eigenvalue weighted by Gasteiger charge is -2.28. The lowest BCUT2D eigenvalue weighted by molar-refractivity contribution is 0.0303. The second-order valence-electron chi connectivity index (χ2n) is 7.14. The summed E-state index contributed by atoms with van der Waals surface area (Å²) in [5.74, 6) is 1.80. The maximum atomic E-state index is 12.5. The van der Waals surface area contributed by atoms with Crippen LogP contribution < -0.4 is 4.90 Å². The Bertz CT molecular complexity index is 834. The van der Waals surface area contributed by atoms with Gasteiger partial charge in [-0.1, -0.05) is 23.9 Å². The molecule has 3 heterocycles. The molecule has 2 fully saturated rings. The fourth-order valence-corrected chi connectivity index (χ4v) is 4.24. The lowest BCUT2D eigenvalue weighted by Crippen LogP contribution is -2.40. The van der Waals surface area contributed by atoms with Crippen molar-refractivity contribution < 1.29 is 14.3 Å². The molecule has 1 aromatic carbocycles. The number of ether oxygens (including phenoxy) is 2. The van der Waals surface area contributed by atoms with Gasteiger partial charge in [-0.05, 0) is 24.6 Å². The second-order valence-corrected chi connectivity index (χ2v) is 8.08. The monoisotopic (exact) mass is 414 g/mol. The Morgan fingerprint density at radius 3 is 2.34 bits per heavy atom. The minimum atomic E-state index is 0.0738. The molecule has 8 heteroatoms. The van der Waals surface area contributed by atoms with Crippen molar-refractivity contribution in [1.82, 2.24) is 14.9 Å². The number of aromatic nitrogens is 2. The summed E-state index contributed by atoms with van der Waals surface area (Å²) in [4.78, 5) is 25.9. The Hall–Kier alpha value is -2.16. The van der Waals surface area contributed by atoms with Gasteiger partial charge in [0.15, 0.2) is 5.16 Å². The number of aryl methyl sites for hydroxylation is 1. The van der Waals surface area contributed by atoms with E-state index in [1.54, 1.807) is 11.8 Å². The molecule has 0 N–H and O–H groups in total. The van der Waals surface area contributed by atoms with Crippen molar-refractivity contribution in [3.63, 3.8) is 0 Å². The van der Waals surface area contributed by atoms with Crippen LogP contribution in [-0.2, 0) is 15.2 Å². The molecule has 1 amide bonds. The molecule has 2 aliphatic heterocycles. The average molecular weight is 415 g/mol. The Morgan fingerprint density at radius 1 is 1.00 bits per heavy atom. The molecule has 0 atom stereocenters. The fourth-order valence-electron chi connectivity index (χ4n) is 3.38. The number of morpholine rings is 2. The molecule has 0 radical (unpaired) electrons. The van der Waals surface area contributed by atoms with E-state index in [0.29, 0.717) is 26.3 Å². The van der Waals surface area contributed by atoms with Crippen LogP contribution in [0.4, 0.5) is 5.82 Å². The zero-order chi connectivity index (χ0) is 20.1. The first-order valence-electron chi connectivity index (χ1n) is 9.96. The number of amides is 1. The Kier molecular flexibility index (Phi) is 6.63. The highest BCUT2D eigenvalue weighted by atomic mass is 32.2. The first-order chi connectivity index (χ1) is 14.2. The minimum Gasteiger partial charge on any atom is -0.378 e. The van der Waals surface area contributed by atoms with Gasteiger partial charge in [-0.2, -0.15) is 0 Å². The molecule has 2 saturated heterocycles. The number of rotatable bonds is 5. The highest BCUT2D eigenvalue weighted by Crippen LogP contribution is 2.23. The van der Waals surface area contributed by atoms with Crippen molar-refractivity contribution >= 4 is 23.5 Å². The molecule has 2 aromatic rings. The van der Waals surface area contributed by atoms with Crippen molar-refractivity contribution in [2.45, 2.75) is 17.8 Å². The number of hydrogen-bond donors (Lipinski definition) is 0. The van der Waals surface area contributed by atoms with Gasteiger partial charge in [-0.25, -0.2) is 9.97 Å². The molecule has 0 saturated carbocycles. The zero-order valence-electron chi connectivity index (χ0n) is 16.7. The minimum absolute atomic E-state index is 0.0738. The van der Waals surface area contributed by atoms with Crippen LogP contribution in [0.25, 0.3) is 0 Å². The normalized spacial score (nSPS) is 17.4. The lowest BCUT2D eigenvalue weighted by atomic mass is 10.1. The van der Waals surface area contributed by atoms with Gasteiger partial charge in [-0.15, -0.1) is 0 Å². The van der Waals surface area contributed by atoms with E-state index < -0.39 is 0 Å². The summed E-state index contributed by atoms with van der Waals surface area (Å²) in [5.41, 5.74) is 2.84. The molecular weight excluding hydrogens is 388 g/mol. The van der Waals surface area contributed by atoms with Crippen LogP contribution >= 0.6 is 11.8 Å². The quantitative estimate of drug-likeness (QED) is 0.550. The van der Waals surface area contributed by atoms with Crippen LogP contribution in [0.3, 0.4) is 0 Å². The summed E-state index contributed by atoms with van der Waals surface area (Å²) in [5, 5.41) is 0.778. The Balaban J connectivity index is 1.37. The largest absolute Gasteiger partial charge is 0.378 e. The number of hydrogen-bond acceptors (Lipinski definition) is 7. The Labute approximate surface area is 175 Å². The third kappa shape index (κ3) is 5.26. The fraction of sp³-hybridized carbons (Fsp3) is 0.476. The number of carbonyl (C=O) groups is 1. The zero-order valence-corrected chi connectivity index (χ0v) is 17.5. The first-order valence-corrected chi connectivity index (χ1v) is 10.9. The third-order valence-corrected chi connectivity index (χ3v) is 5.94. The Morgan fingerprint density at radius 2 is 1.66 bits per heavy atom. The van der Waals surface area contributed by atoms with E-state index in [1.165, 1.54) is 0 Å². The summed E-state index contributed by atoms with van der Waals surface area (Å²) < 4.78 is 10.7. The summed E-state index contributed by atoms with van der Waals surface area (Å²) >= 11 is 1.62. The van der Waals surface area contributed by atoms with E-state index in [0.717, 1.165) is 59.9 Å². The van der Waals surface area contributed by atoms with Gasteiger partial charge in [0.05, 0.1) is 26.4 Å². The average Bonchev–Trinajstić information content (AvgIpc) is 2.78. The third-order valence-electron chi connectivity index (χ3n) is 5.02. The van der Waals surface area contributed by atoms with Crippen LogP contribution in [0.1, 0.15) is 21.6 Å². The van der Waals surface area contributed by atoms with Crippen molar-refractivity contribution in [3.05, 3.63) is 47.2 Å². The van der Waals surface area contributed by atoms with Crippen LogP contribution in [0.2, 0.25) is 0 Å². The van der Waals surface area contributed by atoms with Gasteiger partial charge in [-0.3, -0.25) is 4.79 Å². The van der Waals surface area contributed by atoms with Crippen molar-refractivity contribution in [2.75, 3.05) is 57.5 Å². The highest BCUT2D eigenvalue weighted by Gasteiger charge is 2.18. The van der Waals surface area contributed by atoms with E-state index in [1.807, 2.05) is 42.2 Å². The molecule has 0 bridgehead atoms. The van der Waals surface area contributed by atoms with E-state index in [2.05, 4.69) is 9.88 Å². The van der Waals surface area contributed by atoms with Gasteiger partial charge >= 0.3 is 0 Å². The van der Waals surface area contributed by atoms with Gasteiger partial charge in [0.1, 0.15) is 5.82 Å². The van der Waals surface area contributed by atoms with E-state index in [4.69, 9.17) is 14.5 Å². The maximum Gasteiger partial charge on any atom is 0.254 e. The standard InChI is InChI=1S/C21H26N4O3S/c1-16-14-19(24-6-10-27-11-7-24)23-21(22-16)29-15-17-2-4-18(5-3-17)20(26)25-8-12-28-13-9-25/h2-5,14H,6-13,15H2,1H3. The van der Waals surface area contributed by atoms with Gasteiger partial charge in [0, 0.05) is 49.3 Å². The van der Waals surface area contributed by atoms with Crippen LogP contribution in [0, 0.1) is 6.92 Å². The molecule has 4 rings (SSSR count). The molecule has 7 nitrogen and oxygen atoms in total. The summed E-state index contributed by atoms with van der Waals surface area (Å²) in [6.07, 6.45) is 0. The maximum absolute atomic E-state index is 12.5. The van der Waals surface area contributed by atoms with Crippen LogP contribution in [0.15, 0.2) is 35.5 Å². The molecule has 29 heavy (non-hydrogen) atoms. The number of anilines is 1. The number of carbonyl (C=O) groups excluding carboxylic acids is 1. The molecule has 1 aromatic heterocycles. The molecule has 2 aliphatic rings. The summed E-state index contributed by atoms with van der Waals surface area (Å²) in [6, 6.07) is 9.87. The highest BCUT2D eigenvalue weighted by molar-refractivity contribution is 7.98. The molecular formula is C21H26N4O3S. The molecule has 0 unspecified atom stereocenters. The summed E-state index contributed by atoms with van der Waals surface area (Å²) in [7, 11) is 0. The SMILES string of the molecule is Cc1cc(N2CCOCC2)nc(SCc2ccc(C(=O)N3CCOCC3)cc2)n1. The molecule has 0 aliphatic carbocycles. The van der Waals surface area contributed by atoms with Gasteiger partial charge < -0.3 is 19.3 Å². The molecule has 154 valence electrons. The summed E-state index contributed by atoms with van der Waals surface area (Å²) in [6.45, 7) is 7.74. The van der Waals surface area contributed by atoms with Crippen molar-refractivity contribution in [2.24, 2.45) is 0 Å². The molecule has 0 spiro atoms. The topological polar surface area (TPSA) is 67.8 Å². The second kappa shape index (κ2) is 9.56. The van der Waals surface area contributed by atoms with Crippen molar-refractivity contribution in [3.8, 4) is 0 Å². The number of benzene rings is 1. The van der Waals surface area contributed by atoms with Crippen LogP contribution in [0.5, 0.6) is 0 Å². The van der Waals surface area contributed by atoms with E-state index in [-0.39, 0.29) is 5.91 Å². The van der Waals surface area contributed by atoms with E-state index in [9.17, 15) is 4.79 Å². The smallest absolute Gasteiger partial charge is 0.254 e. The van der Waals surface area contributed by atoms with Gasteiger partial charge in [0.2, 0.25) is 0 Å². The predicted molar refractivity (Wildman–Crippen MR) is 113 cm³/mol. The van der Waals surface area contributed by atoms with Gasteiger partial charge in [0.25, 0.3) is 5.91 Å².